The van der Waals surface area contributed by atoms with Gasteiger partial charge >= 0.3 is 0 Å². The minimum Gasteiger partial charge on any atom is -0.507 e. The molecule has 12 heteroatoms. The van der Waals surface area contributed by atoms with Crippen LogP contribution in [0.5, 0.6) is 11.5 Å². The Bertz CT molecular complexity index is 1040. The van der Waals surface area contributed by atoms with Gasteiger partial charge in [-0.1, -0.05) is 0 Å². The SMILES string of the molecule is O=C(Nc1ccc(S(=O)(=O)O)cc1)c1cc(O)c(S(=O)(=O)O)cc1O. The Balaban J connectivity index is 2.31. The topological polar surface area (TPSA) is 178 Å². The molecule has 0 fully saturated rings. The first kappa shape index (κ1) is 18.7. The number of hydrogen-bond acceptors (Lipinski definition) is 7. The summed E-state index contributed by atoms with van der Waals surface area (Å²) in [6, 6.07) is 5.49. The summed E-state index contributed by atoms with van der Waals surface area (Å²) >= 11 is 0. The van der Waals surface area contributed by atoms with Gasteiger partial charge in [0.1, 0.15) is 16.4 Å². The van der Waals surface area contributed by atoms with Crippen molar-refractivity contribution in [1.82, 2.24) is 0 Å². The van der Waals surface area contributed by atoms with Crippen LogP contribution in [0.25, 0.3) is 0 Å². The molecular weight excluding hydrogens is 378 g/mol. The zero-order valence-electron chi connectivity index (χ0n) is 12.1. The number of hydrogen-bond donors (Lipinski definition) is 5. The van der Waals surface area contributed by atoms with Gasteiger partial charge in [0, 0.05) is 11.8 Å². The Kier molecular flexibility index (Phi) is 4.72. The van der Waals surface area contributed by atoms with E-state index in [9.17, 15) is 31.8 Å². The smallest absolute Gasteiger partial charge is 0.298 e. The summed E-state index contributed by atoms with van der Waals surface area (Å²) in [5, 5.41) is 21.6. The van der Waals surface area contributed by atoms with Gasteiger partial charge in [0.15, 0.2) is 0 Å². The maximum Gasteiger partial charge on any atom is 0.298 e. The Morgan fingerprint density at radius 2 is 1.40 bits per heavy atom. The van der Waals surface area contributed by atoms with Gasteiger partial charge in [0.2, 0.25) is 0 Å². The summed E-state index contributed by atoms with van der Waals surface area (Å²) in [7, 11) is -9.20. The molecule has 2 aromatic carbocycles. The first-order valence-corrected chi connectivity index (χ1v) is 9.20. The van der Waals surface area contributed by atoms with Gasteiger partial charge in [-0.2, -0.15) is 16.8 Å². The highest BCUT2D eigenvalue weighted by molar-refractivity contribution is 7.86. The lowest BCUT2D eigenvalue weighted by atomic mass is 10.1. The van der Waals surface area contributed by atoms with Crippen LogP contribution in [0.1, 0.15) is 10.4 Å². The van der Waals surface area contributed by atoms with Crippen LogP contribution >= 0.6 is 0 Å². The van der Waals surface area contributed by atoms with Crippen molar-refractivity contribution in [2.45, 2.75) is 9.79 Å². The molecule has 0 bridgehead atoms. The number of phenols is 2. The highest BCUT2D eigenvalue weighted by Crippen LogP contribution is 2.31. The molecule has 0 atom stereocenters. The van der Waals surface area contributed by atoms with Crippen molar-refractivity contribution in [3.63, 3.8) is 0 Å². The van der Waals surface area contributed by atoms with Gasteiger partial charge in [-0.25, -0.2) is 0 Å². The lowest BCUT2D eigenvalue weighted by Crippen LogP contribution is -2.13. The average Bonchev–Trinajstić information content (AvgIpc) is 2.47. The molecule has 2 aromatic rings. The third kappa shape index (κ3) is 4.24. The van der Waals surface area contributed by atoms with E-state index >= 15 is 0 Å². The monoisotopic (exact) mass is 389 g/mol. The van der Waals surface area contributed by atoms with Crippen molar-refractivity contribution in [2.75, 3.05) is 5.32 Å². The van der Waals surface area contributed by atoms with Crippen LogP contribution < -0.4 is 5.32 Å². The van der Waals surface area contributed by atoms with Crippen molar-refractivity contribution in [1.29, 1.82) is 0 Å². The van der Waals surface area contributed by atoms with Crippen LogP contribution in [0, 0.1) is 0 Å². The first-order chi connectivity index (χ1) is 11.4. The number of carbonyl (C=O) groups excluding carboxylic acids is 1. The molecule has 134 valence electrons. The van der Waals surface area contributed by atoms with Gasteiger partial charge in [-0.15, -0.1) is 0 Å². The van der Waals surface area contributed by atoms with Crippen LogP contribution in [0.15, 0.2) is 46.2 Å². The van der Waals surface area contributed by atoms with Crippen LogP contribution in [0.4, 0.5) is 5.69 Å². The van der Waals surface area contributed by atoms with Gasteiger partial charge in [0.25, 0.3) is 26.1 Å². The summed E-state index contributed by atoms with van der Waals surface area (Å²) in [4.78, 5) is 10.7. The number of anilines is 1. The van der Waals surface area contributed by atoms with E-state index in [0.717, 1.165) is 24.3 Å². The highest BCUT2D eigenvalue weighted by Gasteiger charge is 2.22. The first-order valence-electron chi connectivity index (χ1n) is 6.32. The Morgan fingerprint density at radius 3 is 1.88 bits per heavy atom. The molecular formula is C13H11NO9S2. The maximum atomic E-state index is 12.1. The normalized spacial score (nSPS) is 11.9. The zero-order chi connectivity index (χ0) is 19.0. The quantitative estimate of drug-likeness (QED) is 0.374. The van der Waals surface area contributed by atoms with Crippen LogP contribution in [-0.4, -0.2) is 42.1 Å². The molecule has 0 aliphatic heterocycles. The molecule has 5 N–H and O–H groups in total. The fraction of sp³-hybridized carbons (Fsp3) is 0. The van der Waals surface area contributed by atoms with Crippen LogP contribution in [-0.2, 0) is 20.2 Å². The molecule has 0 saturated carbocycles. The summed E-state index contributed by atoms with van der Waals surface area (Å²) in [6.07, 6.45) is 0. The van der Waals surface area contributed by atoms with E-state index in [1.54, 1.807) is 0 Å². The van der Waals surface area contributed by atoms with Crippen molar-refractivity contribution in [3.8, 4) is 11.5 Å². The summed E-state index contributed by atoms with van der Waals surface area (Å²) in [6.45, 7) is 0. The van der Waals surface area contributed by atoms with E-state index in [2.05, 4.69) is 5.32 Å². The maximum absolute atomic E-state index is 12.1. The number of amides is 1. The van der Waals surface area contributed by atoms with Crippen molar-refractivity contribution < 1.29 is 40.9 Å². The Labute approximate surface area is 141 Å². The molecule has 0 heterocycles. The van der Waals surface area contributed by atoms with E-state index in [0.29, 0.717) is 12.1 Å². The summed E-state index contributed by atoms with van der Waals surface area (Å²) < 4.78 is 61.6. The Morgan fingerprint density at radius 1 is 0.840 bits per heavy atom. The van der Waals surface area contributed by atoms with Gasteiger partial charge in [-0.05, 0) is 30.3 Å². The van der Waals surface area contributed by atoms with E-state index in [4.69, 9.17) is 9.11 Å². The van der Waals surface area contributed by atoms with E-state index in [-0.39, 0.29) is 5.69 Å². The number of benzene rings is 2. The number of rotatable bonds is 4. The second-order valence-corrected chi connectivity index (χ2v) is 7.58. The number of aromatic hydroxyl groups is 2. The van der Waals surface area contributed by atoms with Crippen LogP contribution in [0.3, 0.4) is 0 Å². The fourth-order valence-corrected chi connectivity index (χ4v) is 2.92. The van der Waals surface area contributed by atoms with Gasteiger partial charge in [0.05, 0.1) is 10.5 Å². The lowest BCUT2D eigenvalue weighted by Gasteiger charge is -2.09. The Hall–Kier alpha value is -2.67. The number of nitrogens with one attached hydrogen (secondary N) is 1. The molecule has 0 aromatic heterocycles. The number of carbonyl (C=O) groups is 1. The predicted molar refractivity (Wildman–Crippen MR) is 83.8 cm³/mol. The van der Waals surface area contributed by atoms with Crippen molar-refractivity contribution in [2.24, 2.45) is 0 Å². The largest absolute Gasteiger partial charge is 0.507 e. The molecule has 25 heavy (non-hydrogen) atoms. The predicted octanol–water partition coefficient (Wildman–Crippen LogP) is 0.843. The third-order valence-electron chi connectivity index (χ3n) is 3.01. The van der Waals surface area contributed by atoms with E-state index in [1.165, 1.54) is 0 Å². The third-order valence-corrected chi connectivity index (χ3v) is 4.76. The molecule has 0 aliphatic carbocycles. The molecule has 0 saturated heterocycles. The fourth-order valence-electron chi connectivity index (χ4n) is 1.85. The molecule has 1 amide bonds. The molecule has 0 spiro atoms. The zero-order valence-corrected chi connectivity index (χ0v) is 13.7. The molecule has 2 rings (SSSR count). The van der Waals surface area contributed by atoms with Gasteiger partial charge < -0.3 is 15.5 Å². The molecule has 0 aliphatic rings. The van der Waals surface area contributed by atoms with Crippen molar-refractivity contribution in [3.05, 3.63) is 42.0 Å². The second kappa shape index (κ2) is 6.33. The summed E-state index contributed by atoms with van der Waals surface area (Å²) in [5.74, 6) is -2.72. The highest BCUT2D eigenvalue weighted by atomic mass is 32.2. The van der Waals surface area contributed by atoms with E-state index < -0.39 is 53.0 Å². The lowest BCUT2D eigenvalue weighted by molar-refractivity contribution is 0.102. The minimum absolute atomic E-state index is 0.0927. The minimum atomic E-state index is -4.80. The van der Waals surface area contributed by atoms with Crippen LogP contribution in [0.2, 0.25) is 0 Å². The molecule has 0 radical (unpaired) electrons. The second-order valence-electron chi connectivity index (χ2n) is 4.77. The molecule has 10 nitrogen and oxygen atoms in total. The van der Waals surface area contributed by atoms with Gasteiger partial charge in [-0.3, -0.25) is 13.9 Å². The number of phenolic OH excluding ortho intramolecular Hbond substituents is 2. The average molecular weight is 389 g/mol. The summed E-state index contributed by atoms with van der Waals surface area (Å²) in [5.41, 5.74) is -0.404. The molecule has 0 unspecified atom stereocenters. The van der Waals surface area contributed by atoms with E-state index in [1.807, 2.05) is 0 Å². The van der Waals surface area contributed by atoms with Crippen molar-refractivity contribution >= 4 is 31.8 Å². The standard InChI is InChI=1S/C13H11NO9S2/c15-10-6-12(25(21,22)23)11(16)5-9(10)13(17)14-7-1-3-8(4-2-7)24(18,19)20/h1-6,15-16H,(H,14,17)(H,18,19,20)(H,21,22,23).